The molecule has 100 valence electrons. The molecule has 2 aromatic rings. The van der Waals surface area contributed by atoms with Crippen LogP contribution in [0.3, 0.4) is 0 Å². The summed E-state index contributed by atoms with van der Waals surface area (Å²) in [5.41, 5.74) is 3.01. The van der Waals surface area contributed by atoms with Crippen molar-refractivity contribution in [2.24, 2.45) is 0 Å². The first kappa shape index (κ1) is 13.4. The molecule has 3 nitrogen and oxygen atoms in total. The number of nitrogens with one attached hydrogen (secondary N) is 1. The molecule has 19 heavy (non-hydrogen) atoms. The van der Waals surface area contributed by atoms with Crippen molar-refractivity contribution in [3.05, 3.63) is 59.7 Å². The van der Waals surface area contributed by atoms with Crippen LogP contribution in [0.1, 0.15) is 17.2 Å². The van der Waals surface area contributed by atoms with Crippen LogP contribution in [0.5, 0.6) is 5.75 Å². The fourth-order valence-corrected chi connectivity index (χ4v) is 2.02. The number of ether oxygens (including phenoxy) is 1. The largest absolute Gasteiger partial charge is 0.508 e. The number of anilines is 1. The molecule has 1 unspecified atom stereocenters. The summed E-state index contributed by atoms with van der Waals surface area (Å²) in [7, 11) is 1.69. The Hall–Kier alpha value is -2.00. The van der Waals surface area contributed by atoms with E-state index in [1.165, 1.54) is 5.56 Å². The first-order valence-corrected chi connectivity index (χ1v) is 6.30. The zero-order valence-corrected chi connectivity index (χ0v) is 11.3. The van der Waals surface area contributed by atoms with Crippen molar-refractivity contribution in [1.82, 2.24) is 0 Å². The predicted molar refractivity (Wildman–Crippen MR) is 77.5 cm³/mol. The van der Waals surface area contributed by atoms with E-state index in [9.17, 15) is 5.11 Å². The van der Waals surface area contributed by atoms with Crippen molar-refractivity contribution in [3.63, 3.8) is 0 Å². The number of hydrogen-bond acceptors (Lipinski definition) is 3. The molecule has 0 spiro atoms. The second-order valence-electron chi connectivity index (χ2n) is 4.56. The summed E-state index contributed by atoms with van der Waals surface area (Å²) in [5, 5.41) is 13.0. The monoisotopic (exact) mass is 257 g/mol. The zero-order chi connectivity index (χ0) is 13.7. The molecule has 0 aromatic heterocycles. The lowest BCUT2D eigenvalue weighted by Gasteiger charge is -2.20. The summed E-state index contributed by atoms with van der Waals surface area (Å²) < 4.78 is 5.27. The second-order valence-corrected chi connectivity index (χ2v) is 4.56. The molecule has 0 saturated heterocycles. The minimum absolute atomic E-state index is 0.0927. The second kappa shape index (κ2) is 6.25. The Morgan fingerprint density at radius 3 is 2.53 bits per heavy atom. The van der Waals surface area contributed by atoms with E-state index in [0.717, 1.165) is 11.3 Å². The third-order valence-corrected chi connectivity index (χ3v) is 3.07. The molecule has 0 fully saturated rings. The van der Waals surface area contributed by atoms with Gasteiger partial charge in [0.2, 0.25) is 0 Å². The van der Waals surface area contributed by atoms with Crippen molar-refractivity contribution in [3.8, 4) is 5.75 Å². The molecular formula is C16H19NO2. The summed E-state index contributed by atoms with van der Waals surface area (Å²) in [4.78, 5) is 0. The highest BCUT2D eigenvalue weighted by molar-refractivity contribution is 5.51. The molecule has 0 amide bonds. The summed E-state index contributed by atoms with van der Waals surface area (Å²) in [6.07, 6.45) is 0. The Morgan fingerprint density at radius 2 is 1.89 bits per heavy atom. The smallest absolute Gasteiger partial charge is 0.118 e. The van der Waals surface area contributed by atoms with Crippen LogP contribution in [-0.2, 0) is 4.74 Å². The Morgan fingerprint density at radius 1 is 1.16 bits per heavy atom. The quantitative estimate of drug-likeness (QED) is 0.805. The number of phenolic OH excluding ortho intramolecular Hbond substituents is 1. The van der Waals surface area contributed by atoms with Crippen molar-refractivity contribution in [2.45, 2.75) is 13.0 Å². The molecule has 2 aromatic carbocycles. The van der Waals surface area contributed by atoms with Gasteiger partial charge in [0.15, 0.2) is 0 Å². The fourth-order valence-electron chi connectivity index (χ4n) is 2.02. The normalized spacial score (nSPS) is 12.1. The highest BCUT2D eigenvalue weighted by atomic mass is 16.5. The van der Waals surface area contributed by atoms with Crippen LogP contribution in [0.25, 0.3) is 0 Å². The van der Waals surface area contributed by atoms with E-state index in [0.29, 0.717) is 12.4 Å². The minimum Gasteiger partial charge on any atom is -0.508 e. The third-order valence-electron chi connectivity index (χ3n) is 3.07. The number of methoxy groups -OCH3 is 1. The maximum Gasteiger partial charge on any atom is 0.118 e. The van der Waals surface area contributed by atoms with Gasteiger partial charge in [-0.05, 0) is 36.2 Å². The Balaban J connectivity index is 2.19. The fraction of sp³-hybridized carbons (Fsp3) is 0.250. The minimum atomic E-state index is 0.0927. The van der Waals surface area contributed by atoms with E-state index in [-0.39, 0.29) is 6.04 Å². The summed E-state index contributed by atoms with van der Waals surface area (Å²) in [6.45, 7) is 2.47. The van der Waals surface area contributed by atoms with E-state index in [4.69, 9.17) is 4.74 Å². The van der Waals surface area contributed by atoms with E-state index in [1.54, 1.807) is 13.2 Å². The molecule has 2 N–H and O–H groups in total. The van der Waals surface area contributed by atoms with Gasteiger partial charge in [-0.3, -0.25) is 0 Å². The van der Waals surface area contributed by atoms with Crippen LogP contribution in [0, 0.1) is 6.92 Å². The van der Waals surface area contributed by atoms with E-state index in [2.05, 4.69) is 17.4 Å². The highest BCUT2D eigenvalue weighted by Gasteiger charge is 2.11. The number of aromatic hydroxyl groups is 1. The molecule has 0 saturated carbocycles. The van der Waals surface area contributed by atoms with Gasteiger partial charge in [-0.25, -0.2) is 0 Å². The van der Waals surface area contributed by atoms with Gasteiger partial charge >= 0.3 is 0 Å². The van der Waals surface area contributed by atoms with Crippen LogP contribution in [0.4, 0.5) is 5.69 Å². The average Bonchev–Trinajstić information content (AvgIpc) is 2.43. The number of aryl methyl sites for hydroxylation is 1. The maximum absolute atomic E-state index is 9.55. The number of hydrogen-bond donors (Lipinski definition) is 2. The molecule has 3 heteroatoms. The molecule has 0 aliphatic heterocycles. The maximum atomic E-state index is 9.55. The number of benzene rings is 2. The van der Waals surface area contributed by atoms with Crippen molar-refractivity contribution < 1.29 is 9.84 Å². The van der Waals surface area contributed by atoms with Crippen LogP contribution >= 0.6 is 0 Å². The first-order chi connectivity index (χ1) is 9.20. The van der Waals surface area contributed by atoms with Crippen LogP contribution < -0.4 is 5.32 Å². The topological polar surface area (TPSA) is 41.5 Å². The van der Waals surface area contributed by atoms with Gasteiger partial charge < -0.3 is 15.2 Å². The Bertz CT molecular complexity index is 526. The lowest BCUT2D eigenvalue weighted by Crippen LogP contribution is -2.16. The standard InChI is InChI=1S/C16H19NO2/c1-12-10-14(8-9-16(12)18)17-15(11-19-2)13-6-4-3-5-7-13/h3-10,15,17-18H,11H2,1-2H3. The van der Waals surface area contributed by atoms with E-state index < -0.39 is 0 Å². The van der Waals surface area contributed by atoms with Gasteiger partial charge in [0.05, 0.1) is 12.6 Å². The van der Waals surface area contributed by atoms with Crippen LogP contribution in [0.2, 0.25) is 0 Å². The average molecular weight is 257 g/mol. The summed E-state index contributed by atoms with van der Waals surface area (Å²) in [6, 6.07) is 15.8. The van der Waals surface area contributed by atoms with Gasteiger partial charge in [0, 0.05) is 12.8 Å². The molecule has 2 rings (SSSR count). The SMILES string of the molecule is COCC(Nc1ccc(O)c(C)c1)c1ccccc1. The van der Waals surface area contributed by atoms with Crippen molar-refractivity contribution in [2.75, 3.05) is 19.0 Å². The third kappa shape index (κ3) is 3.48. The lowest BCUT2D eigenvalue weighted by atomic mass is 10.1. The molecule has 0 radical (unpaired) electrons. The van der Waals surface area contributed by atoms with Crippen molar-refractivity contribution >= 4 is 5.69 Å². The number of phenols is 1. The molecular weight excluding hydrogens is 238 g/mol. The first-order valence-electron chi connectivity index (χ1n) is 6.30. The van der Waals surface area contributed by atoms with Crippen molar-refractivity contribution in [1.29, 1.82) is 0 Å². The Kier molecular flexibility index (Phi) is 4.42. The van der Waals surface area contributed by atoms with Gasteiger partial charge in [0.1, 0.15) is 5.75 Å². The Labute approximate surface area is 113 Å². The van der Waals surface area contributed by atoms with E-state index in [1.807, 2.05) is 37.3 Å². The highest BCUT2D eigenvalue weighted by Crippen LogP contribution is 2.24. The van der Waals surface area contributed by atoms with Crippen LogP contribution in [-0.4, -0.2) is 18.8 Å². The van der Waals surface area contributed by atoms with E-state index >= 15 is 0 Å². The molecule has 0 heterocycles. The molecule has 0 aliphatic carbocycles. The predicted octanol–water partition coefficient (Wildman–Crippen LogP) is 3.50. The van der Waals surface area contributed by atoms with Gasteiger partial charge in [0.25, 0.3) is 0 Å². The van der Waals surface area contributed by atoms with Gasteiger partial charge in [-0.15, -0.1) is 0 Å². The zero-order valence-electron chi connectivity index (χ0n) is 11.3. The molecule has 0 aliphatic rings. The van der Waals surface area contributed by atoms with Crippen LogP contribution in [0.15, 0.2) is 48.5 Å². The van der Waals surface area contributed by atoms with Gasteiger partial charge in [-0.1, -0.05) is 30.3 Å². The molecule has 1 atom stereocenters. The summed E-state index contributed by atoms with van der Waals surface area (Å²) in [5.74, 6) is 0.313. The molecule has 0 bridgehead atoms. The lowest BCUT2D eigenvalue weighted by molar-refractivity contribution is 0.186. The number of rotatable bonds is 5. The van der Waals surface area contributed by atoms with Gasteiger partial charge in [-0.2, -0.15) is 0 Å². The summed E-state index contributed by atoms with van der Waals surface area (Å²) >= 11 is 0.